The van der Waals surface area contributed by atoms with Gasteiger partial charge in [0.2, 0.25) is 0 Å². The first kappa shape index (κ1) is 23.6. The van der Waals surface area contributed by atoms with E-state index in [4.69, 9.17) is 4.98 Å². The van der Waals surface area contributed by atoms with Gasteiger partial charge < -0.3 is 19.6 Å². The van der Waals surface area contributed by atoms with Gasteiger partial charge in [-0.05, 0) is 73.7 Å². The van der Waals surface area contributed by atoms with Gasteiger partial charge in [-0.1, -0.05) is 38.8 Å². The number of pyridine rings is 1. The zero-order valence-corrected chi connectivity index (χ0v) is 21.4. The van der Waals surface area contributed by atoms with Crippen LogP contribution < -0.4 is 9.80 Å². The van der Waals surface area contributed by atoms with Crippen LogP contribution in [0, 0.1) is 0 Å². The molecule has 2 fully saturated rings. The second-order valence-electron chi connectivity index (χ2n) is 10.3. The molecular weight excluding hydrogens is 418 g/mol. The number of anilines is 2. The third-order valence-corrected chi connectivity index (χ3v) is 8.29. The number of likely N-dealkylation sites (N-methyl/N-ethyl adjacent to an activating group) is 2. The van der Waals surface area contributed by atoms with E-state index in [1.807, 2.05) is 0 Å². The average molecular weight is 462 g/mol. The lowest BCUT2D eigenvalue weighted by Crippen LogP contribution is -2.46. The Morgan fingerprint density at radius 2 is 1.26 bits per heavy atom. The summed E-state index contributed by atoms with van der Waals surface area (Å²) >= 11 is 0. The van der Waals surface area contributed by atoms with E-state index in [-0.39, 0.29) is 0 Å². The van der Waals surface area contributed by atoms with Crippen molar-refractivity contribution in [2.75, 3.05) is 75.2 Å². The van der Waals surface area contributed by atoms with E-state index in [0.29, 0.717) is 0 Å². The molecule has 5 heteroatoms. The van der Waals surface area contributed by atoms with Crippen LogP contribution in [0.25, 0.3) is 11.1 Å². The molecule has 1 aromatic carbocycles. The number of aryl methyl sites for hydroxylation is 1. The Labute approximate surface area is 206 Å². The molecule has 3 aliphatic rings. The van der Waals surface area contributed by atoms with Crippen LogP contribution in [0.15, 0.2) is 30.3 Å². The minimum atomic E-state index is 1.09. The molecule has 0 atom stereocenters. The first-order valence-corrected chi connectivity index (χ1v) is 13.8. The zero-order chi connectivity index (χ0) is 23.3. The van der Waals surface area contributed by atoms with E-state index < -0.39 is 0 Å². The molecule has 0 amide bonds. The summed E-state index contributed by atoms with van der Waals surface area (Å²) in [7, 11) is 0. The van der Waals surface area contributed by atoms with E-state index in [0.717, 1.165) is 58.8 Å². The molecule has 3 heterocycles. The minimum Gasteiger partial charge on any atom is -0.369 e. The number of fused-ring (bicyclic) bond motifs is 1. The number of rotatable bonds is 5. The van der Waals surface area contributed by atoms with E-state index in [2.05, 4.69) is 63.8 Å². The Morgan fingerprint density at radius 1 is 0.676 bits per heavy atom. The Balaban J connectivity index is 1.43. The van der Waals surface area contributed by atoms with Gasteiger partial charge in [0, 0.05) is 63.7 Å². The maximum Gasteiger partial charge on any atom is 0.129 e. The van der Waals surface area contributed by atoms with Crippen LogP contribution in [-0.4, -0.2) is 80.2 Å². The van der Waals surface area contributed by atoms with Crippen LogP contribution in [0.3, 0.4) is 0 Å². The summed E-state index contributed by atoms with van der Waals surface area (Å²) in [6.07, 6.45) is 7.55. The van der Waals surface area contributed by atoms with Gasteiger partial charge in [0.05, 0.1) is 0 Å². The van der Waals surface area contributed by atoms with Gasteiger partial charge >= 0.3 is 0 Å². The monoisotopic (exact) mass is 461 g/mol. The molecule has 34 heavy (non-hydrogen) atoms. The predicted molar refractivity (Wildman–Crippen MR) is 144 cm³/mol. The van der Waals surface area contributed by atoms with Crippen molar-refractivity contribution < 1.29 is 0 Å². The van der Waals surface area contributed by atoms with Crippen LogP contribution >= 0.6 is 0 Å². The molecule has 0 N–H and O–H groups in total. The summed E-state index contributed by atoms with van der Waals surface area (Å²) < 4.78 is 0. The molecule has 5 rings (SSSR count). The van der Waals surface area contributed by atoms with Crippen LogP contribution in [0.4, 0.5) is 11.5 Å². The standard InChI is InChI=1S/C29H43N5/c1-3-31-15-19-33(20-16-31)25-13-11-24(12-14-25)27-23-29(34-21-17-32(4-2)18-22-34)30-28-10-8-6-5-7-9-26(27)28/h11-14,23H,3-10,15-22H2,1-2H3. The van der Waals surface area contributed by atoms with Crippen molar-refractivity contribution in [2.24, 2.45) is 0 Å². The average Bonchev–Trinajstić information content (AvgIpc) is 2.89. The number of piperazine rings is 2. The molecule has 2 aliphatic heterocycles. The Hall–Kier alpha value is -2.11. The number of nitrogens with zero attached hydrogens (tertiary/aromatic N) is 5. The zero-order valence-electron chi connectivity index (χ0n) is 21.4. The van der Waals surface area contributed by atoms with Crippen molar-refractivity contribution in [3.63, 3.8) is 0 Å². The predicted octanol–water partition coefficient (Wildman–Crippen LogP) is 4.69. The molecule has 0 radical (unpaired) electrons. The summed E-state index contributed by atoms with van der Waals surface area (Å²) in [5.41, 5.74) is 7.04. The van der Waals surface area contributed by atoms with Crippen molar-refractivity contribution >= 4 is 11.5 Å². The molecule has 0 bridgehead atoms. The fourth-order valence-corrected chi connectivity index (χ4v) is 5.93. The van der Waals surface area contributed by atoms with Gasteiger partial charge in [0.25, 0.3) is 0 Å². The molecule has 1 aromatic heterocycles. The molecule has 2 aromatic rings. The van der Waals surface area contributed by atoms with Crippen molar-refractivity contribution in [3.8, 4) is 11.1 Å². The lowest BCUT2D eigenvalue weighted by atomic mass is 9.90. The van der Waals surface area contributed by atoms with Crippen LogP contribution in [-0.2, 0) is 12.8 Å². The maximum atomic E-state index is 5.28. The van der Waals surface area contributed by atoms with E-state index >= 15 is 0 Å². The third-order valence-electron chi connectivity index (χ3n) is 8.29. The second kappa shape index (κ2) is 11.1. The van der Waals surface area contributed by atoms with Gasteiger partial charge in [0.15, 0.2) is 0 Å². The van der Waals surface area contributed by atoms with Gasteiger partial charge in [-0.2, -0.15) is 0 Å². The largest absolute Gasteiger partial charge is 0.369 e. The van der Waals surface area contributed by atoms with Crippen LogP contribution in [0.5, 0.6) is 0 Å². The maximum absolute atomic E-state index is 5.28. The van der Waals surface area contributed by atoms with Crippen molar-refractivity contribution in [2.45, 2.75) is 52.4 Å². The Morgan fingerprint density at radius 3 is 1.88 bits per heavy atom. The normalized spacial score (nSPS) is 20.6. The second-order valence-corrected chi connectivity index (χ2v) is 10.3. The fourth-order valence-electron chi connectivity index (χ4n) is 5.93. The summed E-state index contributed by atoms with van der Waals surface area (Å²) in [6.45, 7) is 15.9. The SMILES string of the molecule is CCN1CCN(c2ccc(-c3cc(N4CCN(CC)CC4)nc4c3CCCCCC4)cc2)CC1. The molecule has 0 unspecified atom stereocenters. The first-order valence-electron chi connectivity index (χ1n) is 13.8. The van der Waals surface area contributed by atoms with Gasteiger partial charge in [-0.25, -0.2) is 4.98 Å². The summed E-state index contributed by atoms with van der Waals surface area (Å²) in [5.74, 6) is 1.20. The molecule has 5 nitrogen and oxygen atoms in total. The summed E-state index contributed by atoms with van der Waals surface area (Å²) in [5, 5.41) is 0. The number of hydrogen-bond acceptors (Lipinski definition) is 5. The van der Waals surface area contributed by atoms with Crippen molar-refractivity contribution in [1.29, 1.82) is 0 Å². The molecule has 2 saturated heterocycles. The highest BCUT2D eigenvalue weighted by molar-refractivity contribution is 5.73. The van der Waals surface area contributed by atoms with Crippen LogP contribution in [0.1, 0.15) is 50.8 Å². The minimum absolute atomic E-state index is 1.09. The van der Waals surface area contributed by atoms with E-state index in [1.165, 1.54) is 79.1 Å². The lowest BCUT2D eigenvalue weighted by molar-refractivity contribution is 0.270. The number of hydrogen-bond donors (Lipinski definition) is 0. The smallest absolute Gasteiger partial charge is 0.129 e. The molecule has 1 aliphatic carbocycles. The van der Waals surface area contributed by atoms with Crippen molar-refractivity contribution in [1.82, 2.24) is 14.8 Å². The van der Waals surface area contributed by atoms with Gasteiger partial charge in [-0.15, -0.1) is 0 Å². The molecular formula is C29H43N5. The molecule has 184 valence electrons. The summed E-state index contributed by atoms with van der Waals surface area (Å²) in [4.78, 5) is 15.4. The summed E-state index contributed by atoms with van der Waals surface area (Å²) in [6, 6.07) is 11.9. The number of aromatic nitrogens is 1. The van der Waals surface area contributed by atoms with E-state index in [1.54, 1.807) is 0 Å². The fraction of sp³-hybridized carbons (Fsp3) is 0.621. The van der Waals surface area contributed by atoms with Gasteiger partial charge in [-0.3, -0.25) is 0 Å². The lowest BCUT2D eigenvalue weighted by Gasteiger charge is -2.36. The third kappa shape index (κ3) is 5.26. The molecule has 0 saturated carbocycles. The quantitative estimate of drug-likeness (QED) is 0.643. The first-order chi connectivity index (χ1) is 16.7. The van der Waals surface area contributed by atoms with Gasteiger partial charge in [0.1, 0.15) is 5.82 Å². The highest BCUT2D eigenvalue weighted by Crippen LogP contribution is 2.34. The van der Waals surface area contributed by atoms with Crippen LogP contribution in [0.2, 0.25) is 0 Å². The highest BCUT2D eigenvalue weighted by atomic mass is 15.3. The molecule has 0 spiro atoms. The topological polar surface area (TPSA) is 25.9 Å². The van der Waals surface area contributed by atoms with E-state index in [9.17, 15) is 0 Å². The Bertz CT molecular complexity index is 924. The van der Waals surface area contributed by atoms with Crippen molar-refractivity contribution in [3.05, 3.63) is 41.6 Å². The highest BCUT2D eigenvalue weighted by Gasteiger charge is 2.22. The number of benzene rings is 1. The Kier molecular flexibility index (Phi) is 7.70.